The van der Waals surface area contributed by atoms with Crippen molar-refractivity contribution in [3.63, 3.8) is 0 Å². The highest BCUT2D eigenvalue weighted by Gasteiger charge is 2.13. The van der Waals surface area contributed by atoms with Gasteiger partial charge in [0.05, 0.1) is 0 Å². The number of benzene rings is 1. The van der Waals surface area contributed by atoms with E-state index in [2.05, 4.69) is 26.2 Å². The van der Waals surface area contributed by atoms with Crippen LogP contribution in [0.2, 0.25) is 0 Å². The molecular formula is C15H13BrN2O2S. The summed E-state index contributed by atoms with van der Waals surface area (Å²) >= 11 is 4.76. The maximum absolute atomic E-state index is 12.2. The Hall–Kier alpha value is -1.66. The van der Waals surface area contributed by atoms with E-state index < -0.39 is 0 Å². The Morgan fingerprint density at radius 2 is 2.19 bits per heavy atom. The second-order valence-corrected chi connectivity index (χ2v) is 6.71. The van der Waals surface area contributed by atoms with Crippen LogP contribution >= 0.6 is 27.3 Å². The minimum Gasteiger partial charge on any atom is -0.440 e. The van der Waals surface area contributed by atoms with Crippen LogP contribution in [0.3, 0.4) is 0 Å². The van der Waals surface area contributed by atoms with Crippen molar-refractivity contribution in [2.24, 2.45) is 0 Å². The van der Waals surface area contributed by atoms with Crippen molar-refractivity contribution in [3.8, 4) is 0 Å². The second kappa shape index (κ2) is 5.61. The zero-order valence-electron chi connectivity index (χ0n) is 11.5. The standard InChI is InChI=1S/C15H13BrN2O2S/c1-8(2)15-18-11-7-9(3-4-12(11)20-15)17-14(19)13-10(16)5-6-21-13/h3-8H,1-2H3,(H,17,19). The maximum atomic E-state index is 12.2. The topological polar surface area (TPSA) is 55.1 Å². The fourth-order valence-electron chi connectivity index (χ4n) is 1.91. The van der Waals surface area contributed by atoms with Crippen molar-refractivity contribution >= 4 is 50.0 Å². The van der Waals surface area contributed by atoms with Gasteiger partial charge in [0.2, 0.25) is 0 Å². The van der Waals surface area contributed by atoms with Crippen LogP contribution in [0.4, 0.5) is 5.69 Å². The lowest BCUT2D eigenvalue weighted by Crippen LogP contribution is -2.10. The third-order valence-electron chi connectivity index (χ3n) is 2.98. The third-order valence-corrected chi connectivity index (χ3v) is 4.82. The molecule has 0 radical (unpaired) electrons. The summed E-state index contributed by atoms with van der Waals surface area (Å²) < 4.78 is 6.45. The fraction of sp³-hybridized carbons (Fsp3) is 0.200. The van der Waals surface area contributed by atoms with Gasteiger partial charge in [-0.3, -0.25) is 4.79 Å². The van der Waals surface area contributed by atoms with Gasteiger partial charge in [0.1, 0.15) is 10.4 Å². The molecule has 6 heteroatoms. The van der Waals surface area contributed by atoms with Crippen molar-refractivity contribution in [3.05, 3.63) is 44.9 Å². The second-order valence-electron chi connectivity index (χ2n) is 4.94. The lowest BCUT2D eigenvalue weighted by atomic mass is 10.2. The number of hydrogen-bond acceptors (Lipinski definition) is 4. The summed E-state index contributed by atoms with van der Waals surface area (Å²) in [4.78, 5) is 17.3. The molecule has 0 bridgehead atoms. The fourth-order valence-corrected chi connectivity index (χ4v) is 3.36. The number of oxazole rings is 1. The summed E-state index contributed by atoms with van der Waals surface area (Å²) in [5.74, 6) is 0.802. The number of carbonyl (C=O) groups is 1. The molecule has 1 amide bonds. The molecule has 1 N–H and O–H groups in total. The molecule has 2 heterocycles. The predicted molar refractivity (Wildman–Crippen MR) is 88.1 cm³/mol. The van der Waals surface area contributed by atoms with E-state index in [0.717, 1.165) is 15.6 Å². The van der Waals surface area contributed by atoms with Crippen LogP contribution in [0, 0.1) is 0 Å². The lowest BCUT2D eigenvalue weighted by Gasteiger charge is -2.03. The van der Waals surface area contributed by atoms with Gasteiger partial charge in [-0.15, -0.1) is 11.3 Å². The maximum Gasteiger partial charge on any atom is 0.266 e. The number of rotatable bonds is 3. The first-order valence-electron chi connectivity index (χ1n) is 6.49. The van der Waals surface area contributed by atoms with Crippen LogP contribution in [0.1, 0.15) is 35.3 Å². The number of carbonyl (C=O) groups excluding carboxylic acids is 1. The molecule has 0 saturated carbocycles. The number of fused-ring (bicyclic) bond motifs is 1. The molecule has 108 valence electrons. The van der Waals surface area contributed by atoms with E-state index >= 15 is 0 Å². The Labute approximate surface area is 134 Å². The van der Waals surface area contributed by atoms with Crippen LogP contribution in [0.15, 0.2) is 38.5 Å². The molecule has 2 aromatic heterocycles. The zero-order valence-corrected chi connectivity index (χ0v) is 13.9. The van der Waals surface area contributed by atoms with Gasteiger partial charge in [-0.1, -0.05) is 13.8 Å². The Morgan fingerprint density at radius 3 is 2.86 bits per heavy atom. The molecular weight excluding hydrogens is 352 g/mol. The molecule has 0 aliphatic rings. The Morgan fingerprint density at radius 1 is 1.38 bits per heavy atom. The summed E-state index contributed by atoms with van der Waals surface area (Å²) in [6.07, 6.45) is 0. The van der Waals surface area contributed by atoms with Crippen LogP contribution in [-0.4, -0.2) is 10.9 Å². The van der Waals surface area contributed by atoms with Gasteiger partial charge in [-0.25, -0.2) is 4.98 Å². The Kier molecular flexibility index (Phi) is 3.82. The molecule has 0 aliphatic heterocycles. The van der Waals surface area contributed by atoms with Crippen LogP contribution in [0.25, 0.3) is 11.1 Å². The van der Waals surface area contributed by atoms with Gasteiger partial charge in [-0.2, -0.15) is 0 Å². The van der Waals surface area contributed by atoms with Gasteiger partial charge in [0, 0.05) is 16.1 Å². The van der Waals surface area contributed by atoms with Crippen molar-refractivity contribution in [2.45, 2.75) is 19.8 Å². The molecule has 4 nitrogen and oxygen atoms in total. The Bertz CT molecular complexity index is 807. The summed E-state index contributed by atoms with van der Waals surface area (Å²) in [5.41, 5.74) is 2.19. The van der Waals surface area contributed by atoms with Gasteiger partial charge in [-0.05, 0) is 45.6 Å². The molecule has 21 heavy (non-hydrogen) atoms. The zero-order chi connectivity index (χ0) is 15.0. The van der Waals surface area contributed by atoms with Crippen molar-refractivity contribution in [1.29, 1.82) is 0 Å². The number of nitrogens with one attached hydrogen (secondary N) is 1. The summed E-state index contributed by atoms with van der Waals surface area (Å²) in [6, 6.07) is 7.32. The number of nitrogens with zero attached hydrogens (tertiary/aromatic N) is 1. The molecule has 0 fully saturated rings. The van der Waals surface area contributed by atoms with E-state index in [9.17, 15) is 4.79 Å². The number of hydrogen-bond donors (Lipinski definition) is 1. The monoisotopic (exact) mass is 364 g/mol. The SMILES string of the molecule is CC(C)c1nc2cc(NC(=O)c3sccc3Br)ccc2o1. The molecule has 0 unspecified atom stereocenters. The highest BCUT2D eigenvalue weighted by Crippen LogP contribution is 2.26. The summed E-state index contributed by atoms with van der Waals surface area (Å²) in [5, 5.41) is 4.75. The van der Waals surface area contributed by atoms with E-state index in [1.807, 2.05) is 43.5 Å². The quantitative estimate of drug-likeness (QED) is 0.709. The molecule has 0 spiro atoms. The van der Waals surface area contributed by atoms with Gasteiger partial charge in [0.25, 0.3) is 5.91 Å². The predicted octanol–water partition coefficient (Wildman–Crippen LogP) is 5.03. The highest BCUT2D eigenvalue weighted by atomic mass is 79.9. The van der Waals surface area contributed by atoms with Crippen LogP contribution < -0.4 is 5.32 Å². The smallest absolute Gasteiger partial charge is 0.266 e. The van der Waals surface area contributed by atoms with E-state index in [-0.39, 0.29) is 11.8 Å². The highest BCUT2D eigenvalue weighted by molar-refractivity contribution is 9.10. The van der Waals surface area contributed by atoms with E-state index in [0.29, 0.717) is 16.5 Å². The van der Waals surface area contributed by atoms with Crippen molar-refractivity contribution in [2.75, 3.05) is 5.32 Å². The number of anilines is 1. The van der Waals surface area contributed by atoms with Gasteiger partial charge in [0.15, 0.2) is 11.5 Å². The number of thiophene rings is 1. The first-order chi connectivity index (χ1) is 10.0. The third kappa shape index (κ3) is 2.87. The largest absolute Gasteiger partial charge is 0.440 e. The van der Waals surface area contributed by atoms with Crippen molar-refractivity contribution < 1.29 is 9.21 Å². The lowest BCUT2D eigenvalue weighted by molar-refractivity contribution is 0.103. The summed E-state index contributed by atoms with van der Waals surface area (Å²) in [6.45, 7) is 4.06. The molecule has 0 saturated heterocycles. The van der Waals surface area contributed by atoms with Gasteiger partial charge >= 0.3 is 0 Å². The minimum absolute atomic E-state index is 0.135. The number of halogens is 1. The minimum atomic E-state index is -0.135. The van der Waals surface area contributed by atoms with Crippen LogP contribution in [-0.2, 0) is 0 Å². The summed E-state index contributed by atoms with van der Waals surface area (Å²) in [7, 11) is 0. The normalized spacial score (nSPS) is 11.2. The molecule has 3 rings (SSSR count). The molecule has 1 aromatic carbocycles. The Balaban J connectivity index is 1.87. The number of aromatic nitrogens is 1. The van der Waals surface area contributed by atoms with Gasteiger partial charge < -0.3 is 9.73 Å². The van der Waals surface area contributed by atoms with E-state index in [1.165, 1.54) is 11.3 Å². The van der Waals surface area contributed by atoms with E-state index in [4.69, 9.17) is 4.42 Å². The average molecular weight is 365 g/mol. The van der Waals surface area contributed by atoms with Crippen molar-refractivity contribution in [1.82, 2.24) is 4.98 Å². The average Bonchev–Trinajstić information content (AvgIpc) is 3.04. The van der Waals surface area contributed by atoms with Crippen LogP contribution in [0.5, 0.6) is 0 Å². The molecule has 0 aliphatic carbocycles. The first-order valence-corrected chi connectivity index (χ1v) is 8.16. The molecule has 3 aromatic rings. The van der Waals surface area contributed by atoms with E-state index in [1.54, 1.807) is 0 Å². The molecule has 0 atom stereocenters. The first kappa shape index (κ1) is 14.3. The number of amides is 1.